The highest BCUT2D eigenvalue weighted by atomic mass is 32.1. The number of hydrogen-bond donors (Lipinski definition) is 1. The lowest BCUT2D eigenvalue weighted by Crippen LogP contribution is -2.05. The highest BCUT2D eigenvalue weighted by Crippen LogP contribution is 2.31. The third kappa shape index (κ3) is 3.70. The lowest BCUT2D eigenvalue weighted by molar-refractivity contribution is -0.384. The molecule has 0 saturated heterocycles. The molecule has 138 valence electrons. The molecule has 0 aliphatic rings. The first-order chi connectivity index (χ1) is 13.7. The van der Waals surface area contributed by atoms with Gasteiger partial charge in [0, 0.05) is 5.69 Å². The van der Waals surface area contributed by atoms with Gasteiger partial charge in [0.15, 0.2) is 0 Å². The average Bonchev–Trinajstić information content (AvgIpc) is 3.08. The Morgan fingerprint density at radius 2 is 1.43 bits per heavy atom. The van der Waals surface area contributed by atoms with Crippen LogP contribution in [0.1, 0.15) is 0 Å². The van der Waals surface area contributed by atoms with E-state index in [9.17, 15) is 10.1 Å². The minimum atomic E-state index is -0.386. The fraction of sp³-hybridized carbons (Fsp3) is 0. The Balaban J connectivity index is 1.95. The van der Waals surface area contributed by atoms with Gasteiger partial charge < -0.3 is 5.32 Å². The number of nitrogens with one attached hydrogen (secondary N) is 1. The number of anilines is 2. The first kappa shape index (κ1) is 17.7. The van der Waals surface area contributed by atoms with Crippen molar-refractivity contribution in [3.05, 3.63) is 106 Å². The molecule has 0 aliphatic heterocycles. The molecular weight excluding hydrogens is 372 g/mol. The van der Waals surface area contributed by atoms with Gasteiger partial charge in [0.2, 0.25) is 10.5 Å². The van der Waals surface area contributed by atoms with E-state index in [0.717, 1.165) is 11.4 Å². The second-order valence-electron chi connectivity index (χ2n) is 5.92. The van der Waals surface area contributed by atoms with E-state index in [2.05, 4.69) is 10.3 Å². The van der Waals surface area contributed by atoms with Crippen LogP contribution >= 0.6 is 11.5 Å². The van der Waals surface area contributed by atoms with Gasteiger partial charge in [0.25, 0.3) is 0 Å². The van der Waals surface area contributed by atoms with Crippen LogP contribution in [0.25, 0.3) is 5.69 Å². The van der Waals surface area contributed by atoms with Crippen molar-refractivity contribution in [3.63, 3.8) is 0 Å². The van der Waals surface area contributed by atoms with Gasteiger partial charge in [-0.1, -0.05) is 54.6 Å². The van der Waals surface area contributed by atoms with E-state index in [0.29, 0.717) is 16.2 Å². The van der Waals surface area contributed by atoms with Crippen LogP contribution < -0.4 is 9.99 Å². The molecule has 28 heavy (non-hydrogen) atoms. The quantitative estimate of drug-likeness (QED) is 0.366. The van der Waals surface area contributed by atoms with Crippen molar-refractivity contribution in [2.75, 3.05) is 5.32 Å². The third-order valence-corrected chi connectivity index (χ3v) is 5.04. The van der Waals surface area contributed by atoms with Crippen molar-refractivity contribution >= 4 is 34.4 Å². The fourth-order valence-corrected chi connectivity index (χ4v) is 3.77. The first-order valence-corrected chi connectivity index (χ1v) is 9.38. The van der Waals surface area contributed by atoms with Crippen molar-refractivity contribution in [2.45, 2.75) is 0 Å². The van der Waals surface area contributed by atoms with E-state index >= 15 is 0 Å². The van der Waals surface area contributed by atoms with Crippen LogP contribution in [-0.2, 0) is 0 Å². The maximum atomic E-state index is 12.0. The van der Waals surface area contributed by atoms with E-state index in [4.69, 9.17) is 0 Å². The Hall–Kier alpha value is -3.71. The summed E-state index contributed by atoms with van der Waals surface area (Å²) >= 11 is 1.23. The smallest absolute Gasteiger partial charge is 0.335 e. The Kier molecular flexibility index (Phi) is 4.99. The largest absolute Gasteiger partial charge is 0.348 e. The first-order valence-electron chi connectivity index (χ1n) is 8.60. The molecule has 1 heterocycles. The molecule has 4 aromatic rings. The topological polar surface area (TPSA) is 72.5 Å². The van der Waals surface area contributed by atoms with Crippen LogP contribution in [0.15, 0.2) is 96.0 Å². The van der Waals surface area contributed by atoms with Gasteiger partial charge >= 0.3 is 5.69 Å². The molecule has 4 rings (SSSR count). The summed E-state index contributed by atoms with van der Waals surface area (Å²) in [6.45, 7) is 0. The molecule has 0 saturated carbocycles. The molecule has 0 aliphatic carbocycles. The van der Waals surface area contributed by atoms with Crippen LogP contribution in [0, 0.1) is 10.1 Å². The second kappa shape index (κ2) is 7.89. The summed E-state index contributed by atoms with van der Waals surface area (Å²) in [5.74, 6) is 0.377. The van der Waals surface area contributed by atoms with E-state index in [1.54, 1.807) is 3.96 Å². The maximum absolute atomic E-state index is 12.0. The predicted molar refractivity (Wildman–Crippen MR) is 112 cm³/mol. The zero-order valence-electron chi connectivity index (χ0n) is 14.7. The number of nitro groups is 1. The molecule has 0 atom stereocenters. The van der Waals surface area contributed by atoms with Gasteiger partial charge in [0.05, 0.1) is 16.3 Å². The highest BCUT2D eigenvalue weighted by Gasteiger charge is 2.25. The number of rotatable bonds is 5. The number of nitrogens with zero attached hydrogens (tertiary/aromatic N) is 3. The Labute approximate surface area is 165 Å². The maximum Gasteiger partial charge on any atom is 0.348 e. The van der Waals surface area contributed by atoms with Gasteiger partial charge in [-0.3, -0.25) is 10.1 Å². The molecule has 0 radical (unpaired) electrons. The summed E-state index contributed by atoms with van der Waals surface area (Å²) < 4.78 is 2.13. The van der Waals surface area contributed by atoms with Crippen LogP contribution in [0.2, 0.25) is 0 Å². The molecular formula is C21H16N4O2S. The van der Waals surface area contributed by atoms with Crippen molar-refractivity contribution in [3.8, 4) is 5.69 Å². The molecule has 1 aromatic heterocycles. The van der Waals surface area contributed by atoms with Crippen LogP contribution in [0.3, 0.4) is 0 Å². The third-order valence-electron chi connectivity index (χ3n) is 4.00. The molecule has 7 heteroatoms. The Morgan fingerprint density at radius 3 is 2.04 bits per heavy atom. The number of hydrogen-bond acceptors (Lipinski definition) is 5. The highest BCUT2D eigenvalue weighted by molar-refractivity contribution is 7.05. The lowest BCUT2D eigenvalue weighted by atomic mass is 10.3. The average molecular weight is 388 g/mol. The Bertz CT molecular complexity index is 1150. The van der Waals surface area contributed by atoms with Crippen molar-refractivity contribution in [1.29, 1.82) is 0 Å². The summed E-state index contributed by atoms with van der Waals surface area (Å²) in [4.78, 5) is 16.1. The summed E-state index contributed by atoms with van der Waals surface area (Å²) in [6.07, 6.45) is 0. The molecule has 0 unspecified atom stereocenters. The summed E-state index contributed by atoms with van der Waals surface area (Å²) in [6, 6.07) is 28.1. The van der Waals surface area contributed by atoms with Crippen LogP contribution in [-0.4, -0.2) is 8.88 Å². The summed E-state index contributed by atoms with van der Waals surface area (Å²) in [5, 5.41) is 15.2. The van der Waals surface area contributed by atoms with Crippen molar-refractivity contribution in [2.24, 2.45) is 4.99 Å². The molecule has 0 fully saturated rings. The van der Waals surface area contributed by atoms with Gasteiger partial charge in [-0.2, -0.15) is 0 Å². The number of aromatic nitrogens is 1. The van der Waals surface area contributed by atoms with Gasteiger partial charge in [0.1, 0.15) is 0 Å². The van der Waals surface area contributed by atoms with Gasteiger partial charge in [-0.05, 0) is 47.9 Å². The SMILES string of the molecule is O=[N+]([O-])c1c(Nc2ccccc2)n(-c2ccccc2)sc1=Nc1ccccc1. The standard InChI is InChI=1S/C21H16N4O2S/c26-25(27)19-20(22-16-10-4-1-5-11-16)24(18-14-8-3-9-15-18)28-21(19)23-17-12-6-2-7-13-17/h1-15,22H. The van der Waals surface area contributed by atoms with Crippen LogP contribution in [0.5, 0.6) is 0 Å². The lowest BCUT2D eigenvalue weighted by Gasteiger charge is -2.09. The monoisotopic (exact) mass is 388 g/mol. The minimum Gasteiger partial charge on any atom is -0.335 e. The van der Waals surface area contributed by atoms with Crippen molar-refractivity contribution < 1.29 is 4.92 Å². The molecule has 0 amide bonds. The summed E-state index contributed by atoms with van der Waals surface area (Å²) in [7, 11) is 0. The normalized spacial score (nSPS) is 11.4. The zero-order valence-corrected chi connectivity index (χ0v) is 15.5. The zero-order chi connectivity index (χ0) is 19.3. The second-order valence-corrected chi connectivity index (χ2v) is 6.85. The summed E-state index contributed by atoms with van der Waals surface area (Å²) in [5.41, 5.74) is 2.20. The molecule has 0 bridgehead atoms. The van der Waals surface area contributed by atoms with Crippen LogP contribution in [0.4, 0.5) is 22.9 Å². The van der Waals surface area contributed by atoms with Gasteiger partial charge in [-0.25, -0.2) is 8.95 Å². The van der Waals surface area contributed by atoms with Gasteiger partial charge in [-0.15, -0.1) is 0 Å². The Morgan fingerprint density at radius 1 is 0.857 bits per heavy atom. The molecule has 1 N–H and O–H groups in total. The molecule has 0 spiro atoms. The number of para-hydroxylation sites is 3. The minimum absolute atomic E-state index is 0.0541. The fourth-order valence-electron chi connectivity index (χ4n) is 2.74. The van der Waals surface area contributed by atoms with Crippen molar-refractivity contribution in [1.82, 2.24) is 3.96 Å². The van der Waals surface area contributed by atoms with E-state index in [1.165, 1.54) is 11.5 Å². The van der Waals surface area contributed by atoms with E-state index in [1.807, 2.05) is 91.0 Å². The predicted octanol–water partition coefficient (Wildman–Crippen LogP) is 5.42. The number of benzene rings is 3. The van der Waals surface area contributed by atoms with E-state index in [-0.39, 0.29) is 10.6 Å². The molecule has 3 aromatic carbocycles. The molecule has 6 nitrogen and oxygen atoms in total. The van der Waals surface area contributed by atoms with E-state index < -0.39 is 0 Å².